The maximum absolute atomic E-state index is 12.7. The molecular weight excluding hydrogens is 378 g/mol. The summed E-state index contributed by atoms with van der Waals surface area (Å²) in [6.45, 7) is 2.55. The minimum atomic E-state index is -0.619. The van der Waals surface area contributed by atoms with E-state index in [1.165, 1.54) is 0 Å². The highest BCUT2D eigenvalue weighted by Gasteiger charge is 2.34. The Morgan fingerprint density at radius 1 is 1.03 bits per heavy atom. The van der Waals surface area contributed by atoms with Crippen LogP contribution in [0.3, 0.4) is 0 Å². The molecule has 1 saturated carbocycles. The normalized spacial score (nSPS) is 25.8. The molecular formula is C24H27N3O3. The number of imidazole rings is 1. The summed E-state index contributed by atoms with van der Waals surface area (Å²) in [6.07, 6.45) is 3.42. The van der Waals surface area contributed by atoms with Crippen LogP contribution in [0.15, 0.2) is 48.5 Å². The fourth-order valence-electron chi connectivity index (χ4n) is 4.56. The van der Waals surface area contributed by atoms with Gasteiger partial charge in [0.2, 0.25) is 6.10 Å². The lowest BCUT2D eigenvalue weighted by molar-refractivity contribution is -0.133. The number of benzene rings is 2. The van der Waals surface area contributed by atoms with Gasteiger partial charge in [0.15, 0.2) is 11.5 Å². The molecule has 5 rings (SSSR count). The van der Waals surface area contributed by atoms with Crippen LogP contribution in [0.5, 0.6) is 11.5 Å². The Hall–Kier alpha value is -3.02. The highest BCUT2D eigenvalue weighted by Crippen LogP contribution is 2.36. The Labute approximate surface area is 176 Å². The highest BCUT2D eigenvalue weighted by molar-refractivity contribution is 5.82. The molecule has 30 heavy (non-hydrogen) atoms. The maximum Gasteiger partial charge on any atom is 0.265 e. The van der Waals surface area contributed by atoms with Crippen molar-refractivity contribution < 1.29 is 14.3 Å². The van der Waals surface area contributed by atoms with Crippen molar-refractivity contribution in [2.45, 2.75) is 50.7 Å². The van der Waals surface area contributed by atoms with Crippen molar-refractivity contribution in [3.63, 3.8) is 0 Å². The number of hydrogen-bond donors (Lipinski definition) is 2. The number of fused-ring (bicyclic) bond motifs is 2. The predicted molar refractivity (Wildman–Crippen MR) is 115 cm³/mol. The molecule has 1 amide bonds. The van der Waals surface area contributed by atoms with E-state index in [4.69, 9.17) is 14.5 Å². The van der Waals surface area contributed by atoms with Gasteiger partial charge in [-0.05, 0) is 62.8 Å². The average molecular weight is 405 g/mol. The van der Waals surface area contributed by atoms with E-state index in [1.54, 1.807) is 0 Å². The van der Waals surface area contributed by atoms with Crippen molar-refractivity contribution >= 4 is 16.9 Å². The SMILES string of the molecule is C[C@@H]1Oc2ccccc2O[C@H]1C(=O)NCC1CCC(c2nc3ccccc3[nH]2)CC1. The lowest BCUT2D eigenvalue weighted by atomic mass is 9.81. The molecule has 0 bridgehead atoms. The molecule has 6 heteroatoms. The van der Waals surface area contributed by atoms with Crippen LogP contribution in [0.25, 0.3) is 11.0 Å². The second-order valence-corrected chi connectivity index (χ2v) is 8.41. The topological polar surface area (TPSA) is 76.2 Å². The third kappa shape index (κ3) is 3.74. The first-order valence-corrected chi connectivity index (χ1v) is 10.8. The first-order valence-electron chi connectivity index (χ1n) is 10.8. The summed E-state index contributed by atoms with van der Waals surface area (Å²) in [5.74, 6) is 3.27. The predicted octanol–water partition coefficient (Wildman–Crippen LogP) is 4.18. The number of carbonyl (C=O) groups is 1. The molecule has 0 unspecified atom stereocenters. The molecule has 1 fully saturated rings. The Morgan fingerprint density at radius 3 is 2.50 bits per heavy atom. The van der Waals surface area contributed by atoms with Crippen LogP contribution >= 0.6 is 0 Å². The largest absolute Gasteiger partial charge is 0.482 e. The van der Waals surface area contributed by atoms with Gasteiger partial charge in [0.1, 0.15) is 11.9 Å². The quantitative estimate of drug-likeness (QED) is 0.683. The van der Waals surface area contributed by atoms with Gasteiger partial charge in [-0.2, -0.15) is 0 Å². The summed E-state index contributed by atoms with van der Waals surface area (Å²) in [5.41, 5.74) is 2.14. The van der Waals surface area contributed by atoms with Gasteiger partial charge in [-0.15, -0.1) is 0 Å². The van der Waals surface area contributed by atoms with Gasteiger partial charge in [-0.1, -0.05) is 24.3 Å². The van der Waals surface area contributed by atoms with Crippen molar-refractivity contribution in [3.05, 3.63) is 54.4 Å². The fourth-order valence-corrected chi connectivity index (χ4v) is 4.56. The van der Waals surface area contributed by atoms with Crippen molar-refractivity contribution in [1.82, 2.24) is 15.3 Å². The smallest absolute Gasteiger partial charge is 0.265 e. The number of amides is 1. The molecule has 2 heterocycles. The molecule has 2 N–H and O–H groups in total. The van der Waals surface area contributed by atoms with Gasteiger partial charge >= 0.3 is 0 Å². The summed E-state index contributed by atoms with van der Waals surface area (Å²) in [6, 6.07) is 15.7. The van der Waals surface area contributed by atoms with Crippen LogP contribution < -0.4 is 14.8 Å². The first kappa shape index (κ1) is 19.0. The number of para-hydroxylation sites is 4. The van der Waals surface area contributed by atoms with Crippen molar-refractivity contribution in [3.8, 4) is 11.5 Å². The molecule has 0 spiro atoms. The van der Waals surface area contributed by atoms with E-state index >= 15 is 0 Å². The number of ether oxygens (including phenoxy) is 2. The molecule has 1 aliphatic heterocycles. The number of aromatic amines is 1. The van der Waals surface area contributed by atoms with E-state index in [-0.39, 0.29) is 12.0 Å². The number of nitrogens with one attached hydrogen (secondary N) is 2. The molecule has 3 aromatic rings. The number of nitrogens with zero attached hydrogens (tertiary/aromatic N) is 1. The third-order valence-electron chi connectivity index (χ3n) is 6.31. The summed E-state index contributed by atoms with van der Waals surface area (Å²) >= 11 is 0. The monoisotopic (exact) mass is 405 g/mol. The van der Waals surface area contributed by atoms with E-state index in [0.29, 0.717) is 29.9 Å². The minimum absolute atomic E-state index is 0.101. The van der Waals surface area contributed by atoms with Gasteiger partial charge in [-0.25, -0.2) is 4.98 Å². The van der Waals surface area contributed by atoms with Crippen LogP contribution in [0, 0.1) is 5.92 Å². The van der Waals surface area contributed by atoms with E-state index in [2.05, 4.69) is 16.4 Å². The van der Waals surface area contributed by atoms with Gasteiger partial charge in [-0.3, -0.25) is 4.79 Å². The highest BCUT2D eigenvalue weighted by atomic mass is 16.6. The van der Waals surface area contributed by atoms with Crippen LogP contribution in [-0.4, -0.2) is 34.6 Å². The molecule has 2 aromatic carbocycles. The molecule has 2 atom stereocenters. The standard InChI is InChI=1S/C24H27N3O3/c1-15-22(30-21-9-5-4-8-20(21)29-15)24(28)25-14-16-10-12-17(13-11-16)23-26-18-6-2-3-7-19(18)27-23/h2-9,15-17,22H,10-14H2,1H3,(H,25,28)(H,26,27)/t15-,16?,17?,22+/m0/s1. The maximum atomic E-state index is 12.7. The third-order valence-corrected chi connectivity index (χ3v) is 6.31. The number of carbonyl (C=O) groups excluding carboxylic acids is 1. The van der Waals surface area contributed by atoms with E-state index in [0.717, 1.165) is 42.5 Å². The number of aromatic nitrogens is 2. The molecule has 6 nitrogen and oxygen atoms in total. The summed E-state index contributed by atoms with van der Waals surface area (Å²) < 4.78 is 11.7. The molecule has 2 aliphatic rings. The van der Waals surface area contributed by atoms with Gasteiger partial charge in [0.05, 0.1) is 11.0 Å². The van der Waals surface area contributed by atoms with Crippen molar-refractivity contribution in [1.29, 1.82) is 0 Å². The van der Waals surface area contributed by atoms with Crippen molar-refractivity contribution in [2.75, 3.05) is 6.54 Å². The van der Waals surface area contributed by atoms with Gasteiger partial charge < -0.3 is 19.8 Å². The Bertz CT molecular complexity index is 1010. The van der Waals surface area contributed by atoms with Crippen LogP contribution in [0.2, 0.25) is 0 Å². The van der Waals surface area contributed by atoms with Crippen LogP contribution in [0.1, 0.15) is 44.3 Å². The average Bonchev–Trinajstić information content (AvgIpc) is 3.21. The van der Waals surface area contributed by atoms with E-state index in [1.807, 2.05) is 49.4 Å². The first-order chi connectivity index (χ1) is 14.7. The number of H-pyrrole nitrogens is 1. The van der Waals surface area contributed by atoms with Gasteiger partial charge in [0, 0.05) is 12.5 Å². The zero-order valence-corrected chi connectivity index (χ0v) is 17.1. The Balaban J connectivity index is 1.13. The fraction of sp³-hybridized carbons (Fsp3) is 0.417. The number of rotatable bonds is 4. The summed E-state index contributed by atoms with van der Waals surface area (Å²) in [5, 5.41) is 3.09. The van der Waals surface area contributed by atoms with Crippen molar-refractivity contribution in [2.24, 2.45) is 5.92 Å². The second-order valence-electron chi connectivity index (χ2n) is 8.41. The lowest BCUT2D eigenvalue weighted by Gasteiger charge is -2.32. The zero-order chi connectivity index (χ0) is 20.5. The molecule has 156 valence electrons. The molecule has 1 aromatic heterocycles. The van der Waals surface area contributed by atoms with E-state index in [9.17, 15) is 4.79 Å². The van der Waals surface area contributed by atoms with Gasteiger partial charge in [0.25, 0.3) is 5.91 Å². The van der Waals surface area contributed by atoms with Crippen LogP contribution in [-0.2, 0) is 4.79 Å². The number of hydrogen-bond acceptors (Lipinski definition) is 4. The molecule has 0 radical (unpaired) electrons. The van der Waals surface area contributed by atoms with E-state index < -0.39 is 6.10 Å². The molecule has 1 aliphatic carbocycles. The summed E-state index contributed by atoms with van der Waals surface area (Å²) in [4.78, 5) is 21.0. The molecule has 0 saturated heterocycles. The minimum Gasteiger partial charge on any atom is -0.482 e. The second kappa shape index (κ2) is 8.01. The Morgan fingerprint density at radius 2 is 1.73 bits per heavy atom. The van der Waals surface area contributed by atoms with Crippen LogP contribution in [0.4, 0.5) is 0 Å². The summed E-state index contributed by atoms with van der Waals surface area (Å²) in [7, 11) is 0. The lowest BCUT2D eigenvalue weighted by Crippen LogP contribution is -2.50. The zero-order valence-electron chi connectivity index (χ0n) is 17.1. The Kier molecular flexibility index (Phi) is 5.07.